The second-order valence-corrected chi connectivity index (χ2v) is 6.74. The van der Waals surface area contributed by atoms with Gasteiger partial charge in [-0.2, -0.15) is 0 Å². The van der Waals surface area contributed by atoms with E-state index >= 15 is 0 Å². The van der Waals surface area contributed by atoms with Gasteiger partial charge in [-0.05, 0) is 31.9 Å². The third-order valence-electron chi connectivity index (χ3n) is 4.21. The lowest BCUT2D eigenvalue weighted by Crippen LogP contribution is -2.63. The number of hydrogen-bond donors (Lipinski definition) is 1. The first-order valence-electron chi connectivity index (χ1n) is 7.38. The van der Waals surface area contributed by atoms with Gasteiger partial charge in [-0.3, -0.25) is 0 Å². The Morgan fingerprint density at radius 1 is 1.25 bits per heavy atom. The Labute approximate surface area is 121 Å². The minimum atomic E-state index is 0.127. The van der Waals surface area contributed by atoms with Gasteiger partial charge in [0.05, 0.1) is 0 Å². The van der Waals surface area contributed by atoms with Crippen molar-refractivity contribution in [3.05, 3.63) is 18.2 Å². The fraction of sp³-hybridized carbons (Fsp3) is 0.625. The highest BCUT2D eigenvalue weighted by Crippen LogP contribution is 2.37. The minimum Gasteiger partial charge on any atom is -0.454 e. The summed E-state index contributed by atoms with van der Waals surface area (Å²) in [4.78, 5) is 2.50. The van der Waals surface area contributed by atoms with Gasteiger partial charge in [0.2, 0.25) is 6.79 Å². The molecule has 4 nitrogen and oxygen atoms in total. The number of anilines is 1. The van der Waals surface area contributed by atoms with Crippen LogP contribution in [0.1, 0.15) is 27.7 Å². The summed E-state index contributed by atoms with van der Waals surface area (Å²) in [5.41, 5.74) is 1.35. The van der Waals surface area contributed by atoms with Crippen LogP contribution >= 0.6 is 0 Å². The lowest BCUT2D eigenvalue weighted by Gasteiger charge is -2.47. The highest BCUT2D eigenvalue weighted by Gasteiger charge is 2.34. The fourth-order valence-electron chi connectivity index (χ4n) is 3.03. The molecule has 1 atom stereocenters. The minimum absolute atomic E-state index is 0.127. The van der Waals surface area contributed by atoms with Gasteiger partial charge in [-0.15, -0.1) is 0 Å². The summed E-state index contributed by atoms with van der Waals surface area (Å²) in [7, 11) is 0. The van der Waals surface area contributed by atoms with Crippen LogP contribution in [0.2, 0.25) is 0 Å². The molecule has 0 spiro atoms. The average molecular weight is 276 g/mol. The van der Waals surface area contributed by atoms with Gasteiger partial charge in [0, 0.05) is 36.4 Å². The number of piperazine rings is 1. The lowest BCUT2D eigenvalue weighted by atomic mass is 9.92. The van der Waals surface area contributed by atoms with Crippen LogP contribution in [0.5, 0.6) is 11.5 Å². The van der Waals surface area contributed by atoms with Gasteiger partial charge in [0.15, 0.2) is 11.5 Å². The number of benzene rings is 1. The van der Waals surface area contributed by atoms with E-state index in [-0.39, 0.29) is 5.54 Å². The van der Waals surface area contributed by atoms with Gasteiger partial charge in [-0.1, -0.05) is 13.8 Å². The summed E-state index contributed by atoms with van der Waals surface area (Å²) < 4.78 is 10.9. The zero-order valence-electron chi connectivity index (χ0n) is 12.8. The van der Waals surface area contributed by atoms with Gasteiger partial charge in [-0.25, -0.2) is 0 Å². The molecule has 4 heteroatoms. The number of nitrogens with zero attached hydrogens (tertiary/aromatic N) is 1. The first-order valence-corrected chi connectivity index (χ1v) is 7.38. The second-order valence-electron chi connectivity index (χ2n) is 6.74. The summed E-state index contributed by atoms with van der Waals surface area (Å²) in [6.45, 7) is 11.4. The normalized spacial score (nSPS) is 24.2. The second kappa shape index (κ2) is 4.85. The molecule has 1 saturated heterocycles. The van der Waals surface area contributed by atoms with Crippen molar-refractivity contribution in [3.8, 4) is 11.5 Å². The molecule has 1 N–H and O–H groups in total. The molecule has 1 unspecified atom stereocenters. The van der Waals surface area contributed by atoms with Crippen LogP contribution < -0.4 is 19.7 Å². The van der Waals surface area contributed by atoms with Crippen molar-refractivity contribution in [2.24, 2.45) is 5.92 Å². The Hall–Kier alpha value is -1.42. The smallest absolute Gasteiger partial charge is 0.231 e. The monoisotopic (exact) mass is 276 g/mol. The number of fused-ring (bicyclic) bond motifs is 1. The van der Waals surface area contributed by atoms with Gasteiger partial charge in [0.25, 0.3) is 0 Å². The Bertz CT molecular complexity index is 499. The molecule has 0 amide bonds. The summed E-state index contributed by atoms with van der Waals surface area (Å²) in [6, 6.07) is 6.77. The van der Waals surface area contributed by atoms with Crippen molar-refractivity contribution >= 4 is 5.69 Å². The molecular weight excluding hydrogens is 252 g/mol. The molecular formula is C16H24N2O2. The van der Waals surface area contributed by atoms with Crippen molar-refractivity contribution in [2.75, 3.05) is 24.8 Å². The quantitative estimate of drug-likeness (QED) is 0.900. The van der Waals surface area contributed by atoms with Crippen LogP contribution in [0.3, 0.4) is 0 Å². The Kier molecular flexibility index (Phi) is 3.28. The van der Waals surface area contributed by atoms with E-state index in [1.165, 1.54) is 5.69 Å². The number of ether oxygens (including phenoxy) is 2. The molecule has 0 bridgehead atoms. The van der Waals surface area contributed by atoms with Gasteiger partial charge >= 0.3 is 0 Å². The van der Waals surface area contributed by atoms with Crippen molar-refractivity contribution in [1.29, 1.82) is 0 Å². The van der Waals surface area contributed by atoms with E-state index in [1.54, 1.807) is 0 Å². The third-order valence-corrected chi connectivity index (χ3v) is 4.21. The van der Waals surface area contributed by atoms with E-state index in [4.69, 9.17) is 9.47 Å². The zero-order valence-corrected chi connectivity index (χ0v) is 12.8. The van der Waals surface area contributed by atoms with Crippen LogP contribution in [-0.2, 0) is 0 Å². The molecule has 0 saturated carbocycles. The Balaban J connectivity index is 1.92. The zero-order chi connectivity index (χ0) is 14.3. The predicted molar refractivity (Wildman–Crippen MR) is 80.6 cm³/mol. The third kappa shape index (κ3) is 2.44. The molecule has 2 aliphatic heterocycles. The van der Waals surface area contributed by atoms with Crippen molar-refractivity contribution in [1.82, 2.24) is 5.32 Å². The molecule has 0 aliphatic carbocycles. The standard InChI is InChI=1S/C16H24N2O2/c1-11(2)13-8-17-16(3,4)9-18(13)12-5-6-14-15(7-12)20-10-19-14/h5-7,11,13,17H,8-10H2,1-4H3. The fourth-order valence-corrected chi connectivity index (χ4v) is 3.03. The lowest BCUT2D eigenvalue weighted by molar-refractivity contribution is 0.174. The number of nitrogens with one attached hydrogen (secondary N) is 1. The maximum absolute atomic E-state index is 5.51. The van der Waals surface area contributed by atoms with E-state index < -0.39 is 0 Å². The van der Waals surface area contributed by atoms with Crippen molar-refractivity contribution in [3.63, 3.8) is 0 Å². The highest BCUT2D eigenvalue weighted by molar-refractivity contribution is 5.58. The molecule has 0 aromatic heterocycles. The summed E-state index contributed by atoms with van der Waals surface area (Å²) >= 11 is 0. The summed E-state index contributed by atoms with van der Waals surface area (Å²) in [5.74, 6) is 2.31. The summed E-state index contributed by atoms with van der Waals surface area (Å²) in [6.07, 6.45) is 0. The van der Waals surface area contributed by atoms with E-state index in [2.05, 4.69) is 50.0 Å². The maximum Gasteiger partial charge on any atom is 0.231 e. The molecule has 20 heavy (non-hydrogen) atoms. The van der Waals surface area contributed by atoms with E-state index in [0.717, 1.165) is 24.6 Å². The van der Waals surface area contributed by atoms with Crippen LogP contribution in [-0.4, -0.2) is 31.5 Å². The van der Waals surface area contributed by atoms with Crippen LogP contribution in [0.25, 0.3) is 0 Å². The molecule has 2 aliphatic rings. The summed E-state index contributed by atoms with van der Waals surface area (Å²) in [5, 5.41) is 3.64. The average Bonchev–Trinajstić information content (AvgIpc) is 2.84. The molecule has 110 valence electrons. The first-order chi connectivity index (χ1) is 9.46. The maximum atomic E-state index is 5.51. The van der Waals surface area contributed by atoms with Crippen molar-refractivity contribution in [2.45, 2.75) is 39.3 Å². The van der Waals surface area contributed by atoms with Crippen LogP contribution in [0.15, 0.2) is 18.2 Å². The van der Waals surface area contributed by atoms with E-state index in [0.29, 0.717) is 18.8 Å². The van der Waals surface area contributed by atoms with Gasteiger partial charge in [0.1, 0.15) is 0 Å². The Morgan fingerprint density at radius 3 is 2.75 bits per heavy atom. The topological polar surface area (TPSA) is 33.7 Å². The Morgan fingerprint density at radius 2 is 2.00 bits per heavy atom. The number of hydrogen-bond acceptors (Lipinski definition) is 4. The molecule has 0 radical (unpaired) electrons. The molecule has 2 heterocycles. The molecule has 1 fully saturated rings. The molecule has 3 rings (SSSR count). The SMILES string of the molecule is CC(C)C1CNC(C)(C)CN1c1ccc2c(c1)OCO2. The first kappa shape index (κ1) is 13.6. The van der Waals surface area contributed by atoms with E-state index in [9.17, 15) is 0 Å². The predicted octanol–water partition coefficient (Wildman–Crippen LogP) is 2.63. The molecule has 1 aromatic carbocycles. The van der Waals surface area contributed by atoms with Crippen LogP contribution in [0.4, 0.5) is 5.69 Å². The van der Waals surface area contributed by atoms with Crippen molar-refractivity contribution < 1.29 is 9.47 Å². The number of rotatable bonds is 2. The largest absolute Gasteiger partial charge is 0.454 e. The molecule has 1 aromatic rings. The van der Waals surface area contributed by atoms with Gasteiger partial charge < -0.3 is 19.7 Å². The van der Waals surface area contributed by atoms with E-state index in [1.807, 2.05) is 6.07 Å². The highest BCUT2D eigenvalue weighted by atomic mass is 16.7. The van der Waals surface area contributed by atoms with Crippen LogP contribution in [0, 0.1) is 5.92 Å².